The Morgan fingerprint density at radius 2 is 1.41 bits per heavy atom. The van der Waals surface area contributed by atoms with Crippen LogP contribution >= 0.6 is 12.2 Å². The van der Waals surface area contributed by atoms with Gasteiger partial charge in [-0.25, -0.2) is 4.79 Å². The number of nitrogens with one attached hydrogen (secondary N) is 3. The summed E-state index contributed by atoms with van der Waals surface area (Å²) < 4.78 is 4.91. The lowest BCUT2D eigenvalue weighted by molar-refractivity contribution is -0.114. The molecule has 27 heavy (non-hydrogen) atoms. The molecule has 140 valence electrons. The van der Waals surface area contributed by atoms with Crippen LogP contribution in [0.15, 0.2) is 48.5 Å². The molecule has 8 heteroatoms. The van der Waals surface area contributed by atoms with Crippen molar-refractivity contribution in [3.63, 3.8) is 0 Å². The van der Waals surface area contributed by atoms with E-state index in [2.05, 4.69) is 16.0 Å². The molecule has 0 bridgehead atoms. The summed E-state index contributed by atoms with van der Waals surface area (Å²) in [6.07, 6.45) is 0. The van der Waals surface area contributed by atoms with Crippen LogP contribution in [0.2, 0.25) is 0 Å². The fourth-order valence-corrected chi connectivity index (χ4v) is 2.36. The minimum Gasteiger partial charge on any atom is -0.462 e. The highest BCUT2D eigenvalue weighted by molar-refractivity contribution is 7.80. The molecule has 0 aliphatic rings. The van der Waals surface area contributed by atoms with Crippen LogP contribution in [0, 0.1) is 0 Å². The molecule has 0 heterocycles. The third kappa shape index (κ3) is 6.19. The quantitative estimate of drug-likeness (QED) is 0.541. The molecule has 0 unspecified atom stereocenters. The number of hydrogen-bond acceptors (Lipinski definition) is 5. The van der Waals surface area contributed by atoms with Crippen LogP contribution in [0.4, 0.5) is 11.4 Å². The Labute approximate surface area is 162 Å². The second-order valence-corrected chi connectivity index (χ2v) is 5.87. The molecule has 2 aromatic rings. The number of rotatable bonds is 5. The number of ether oxygens (including phenoxy) is 1. The van der Waals surface area contributed by atoms with Crippen molar-refractivity contribution in [2.75, 3.05) is 17.2 Å². The Bertz CT molecular complexity index is 848. The van der Waals surface area contributed by atoms with Crippen molar-refractivity contribution in [2.45, 2.75) is 13.8 Å². The molecule has 0 spiro atoms. The van der Waals surface area contributed by atoms with Crippen LogP contribution in [0.5, 0.6) is 0 Å². The molecule has 0 aliphatic heterocycles. The van der Waals surface area contributed by atoms with Crippen molar-refractivity contribution >= 4 is 46.5 Å². The van der Waals surface area contributed by atoms with E-state index in [4.69, 9.17) is 17.0 Å². The molecule has 0 aliphatic carbocycles. The lowest BCUT2D eigenvalue weighted by Gasteiger charge is -2.10. The summed E-state index contributed by atoms with van der Waals surface area (Å²) in [6, 6.07) is 12.9. The van der Waals surface area contributed by atoms with Crippen molar-refractivity contribution in [3.05, 3.63) is 59.7 Å². The monoisotopic (exact) mass is 385 g/mol. The van der Waals surface area contributed by atoms with Crippen molar-refractivity contribution in [3.8, 4) is 0 Å². The maximum atomic E-state index is 12.2. The van der Waals surface area contributed by atoms with Crippen LogP contribution in [0.25, 0.3) is 0 Å². The van der Waals surface area contributed by atoms with Crippen LogP contribution in [0.3, 0.4) is 0 Å². The molecule has 0 fully saturated rings. The first-order chi connectivity index (χ1) is 12.9. The minimum absolute atomic E-state index is 0.120. The van der Waals surface area contributed by atoms with Crippen LogP contribution in [0.1, 0.15) is 34.6 Å². The van der Waals surface area contributed by atoms with E-state index in [1.54, 1.807) is 55.5 Å². The molecular formula is C19H19N3O4S. The number of anilines is 2. The zero-order valence-electron chi connectivity index (χ0n) is 14.9. The zero-order chi connectivity index (χ0) is 19.8. The molecule has 0 saturated carbocycles. The topological polar surface area (TPSA) is 96.5 Å². The van der Waals surface area contributed by atoms with Gasteiger partial charge in [0.1, 0.15) is 0 Å². The van der Waals surface area contributed by atoms with Gasteiger partial charge in [-0.1, -0.05) is 0 Å². The van der Waals surface area contributed by atoms with E-state index in [0.29, 0.717) is 29.1 Å². The molecule has 0 saturated heterocycles. The second kappa shape index (κ2) is 9.44. The van der Waals surface area contributed by atoms with E-state index in [1.165, 1.54) is 6.92 Å². The summed E-state index contributed by atoms with van der Waals surface area (Å²) in [7, 11) is 0. The van der Waals surface area contributed by atoms with Gasteiger partial charge in [0.15, 0.2) is 5.11 Å². The Morgan fingerprint density at radius 3 is 1.93 bits per heavy atom. The smallest absolute Gasteiger partial charge is 0.338 e. The van der Waals surface area contributed by atoms with Gasteiger partial charge in [-0.05, 0) is 67.7 Å². The summed E-state index contributed by atoms with van der Waals surface area (Å²) in [6.45, 7) is 3.45. The minimum atomic E-state index is -0.400. The summed E-state index contributed by atoms with van der Waals surface area (Å²) >= 11 is 5.13. The average Bonchev–Trinajstić information content (AvgIpc) is 2.62. The number of thiocarbonyl (C=S) groups is 1. The maximum Gasteiger partial charge on any atom is 0.338 e. The molecule has 0 aromatic heterocycles. The highest BCUT2D eigenvalue weighted by Crippen LogP contribution is 2.12. The van der Waals surface area contributed by atoms with E-state index >= 15 is 0 Å². The van der Waals surface area contributed by atoms with Crippen molar-refractivity contribution in [2.24, 2.45) is 0 Å². The molecule has 7 nitrogen and oxygen atoms in total. The molecule has 2 aromatic carbocycles. The third-order valence-electron chi connectivity index (χ3n) is 3.35. The highest BCUT2D eigenvalue weighted by Gasteiger charge is 2.09. The number of amides is 2. The van der Waals surface area contributed by atoms with E-state index in [1.807, 2.05) is 0 Å². The molecule has 0 radical (unpaired) electrons. The van der Waals surface area contributed by atoms with Gasteiger partial charge in [-0.3, -0.25) is 14.9 Å². The Morgan fingerprint density at radius 1 is 0.889 bits per heavy atom. The Balaban J connectivity index is 1.92. The predicted octanol–water partition coefficient (Wildman–Crippen LogP) is 2.95. The predicted molar refractivity (Wildman–Crippen MR) is 107 cm³/mol. The van der Waals surface area contributed by atoms with Gasteiger partial charge < -0.3 is 15.4 Å². The first kappa shape index (κ1) is 20.1. The van der Waals surface area contributed by atoms with Crippen LogP contribution in [-0.4, -0.2) is 29.5 Å². The first-order valence-corrected chi connectivity index (χ1v) is 8.57. The normalized spacial score (nSPS) is 9.85. The van der Waals surface area contributed by atoms with E-state index in [0.717, 1.165) is 0 Å². The molecule has 2 amide bonds. The first-order valence-electron chi connectivity index (χ1n) is 8.16. The fraction of sp³-hybridized carbons (Fsp3) is 0.158. The molecule has 0 atom stereocenters. The maximum absolute atomic E-state index is 12.2. The van der Waals surface area contributed by atoms with Gasteiger partial charge in [0.2, 0.25) is 5.91 Å². The van der Waals surface area contributed by atoms with Gasteiger partial charge >= 0.3 is 5.97 Å². The van der Waals surface area contributed by atoms with Gasteiger partial charge in [0, 0.05) is 23.9 Å². The number of carbonyl (C=O) groups is 3. The van der Waals surface area contributed by atoms with Gasteiger partial charge in [0.05, 0.1) is 12.2 Å². The molecule has 3 N–H and O–H groups in total. The number of carbonyl (C=O) groups excluding carboxylic acids is 3. The SMILES string of the molecule is CCOC(=O)c1ccc(NC(=S)NC(=O)c2ccc(NC(C)=O)cc2)cc1. The van der Waals surface area contributed by atoms with Gasteiger partial charge in [-0.2, -0.15) is 0 Å². The van der Waals surface area contributed by atoms with E-state index in [9.17, 15) is 14.4 Å². The standard InChI is InChI=1S/C19H19N3O4S/c1-3-26-18(25)14-6-10-16(11-7-14)21-19(27)22-17(24)13-4-8-15(9-5-13)20-12(2)23/h4-11H,3H2,1-2H3,(H,20,23)(H2,21,22,24,27). The lowest BCUT2D eigenvalue weighted by atomic mass is 10.2. The summed E-state index contributed by atoms with van der Waals surface area (Å²) in [5.74, 6) is -0.973. The summed E-state index contributed by atoms with van der Waals surface area (Å²) in [5.41, 5.74) is 2.04. The Hall–Kier alpha value is -3.26. The zero-order valence-corrected chi connectivity index (χ0v) is 15.7. The molecule has 2 rings (SSSR count). The second-order valence-electron chi connectivity index (χ2n) is 5.46. The van der Waals surface area contributed by atoms with Crippen molar-refractivity contribution in [1.29, 1.82) is 0 Å². The summed E-state index contributed by atoms with van der Waals surface area (Å²) in [4.78, 5) is 34.8. The van der Waals surface area contributed by atoms with E-state index < -0.39 is 5.97 Å². The van der Waals surface area contributed by atoms with Crippen LogP contribution < -0.4 is 16.0 Å². The Kier molecular flexibility index (Phi) is 7.01. The van der Waals surface area contributed by atoms with Crippen molar-refractivity contribution < 1.29 is 19.1 Å². The van der Waals surface area contributed by atoms with Gasteiger partial charge in [-0.15, -0.1) is 0 Å². The largest absolute Gasteiger partial charge is 0.462 e. The van der Waals surface area contributed by atoms with E-state index in [-0.39, 0.29) is 16.9 Å². The molecular weight excluding hydrogens is 366 g/mol. The highest BCUT2D eigenvalue weighted by atomic mass is 32.1. The fourth-order valence-electron chi connectivity index (χ4n) is 2.15. The number of benzene rings is 2. The average molecular weight is 385 g/mol. The van der Waals surface area contributed by atoms with Crippen LogP contribution in [-0.2, 0) is 9.53 Å². The third-order valence-corrected chi connectivity index (χ3v) is 3.55. The van der Waals surface area contributed by atoms with Crippen molar-refractivity contribution in [1.82, 2.24) is 5.32 Å². The van der Waals surface area contributed by atoms with Gasteiger partial charge in [0.25, 0.3) is 5.91 Å². The number of hydrogen-bond donors (Lipinski definition) is 3. The summed E-state index contributed by atoms with van der Waals surface area (Å²) in [5, 5.41) is 8.18. The number of esters is 1. The lowest BCUT2D eigenvalue weighted by Crippen LogP contribution is -2.34.